The van der Waals surface area contributed by atoms with Crippen molar-refractivity contribution in [2.24, 2.45) is 0 Å². The molecule has 0 fully saturated rings. The molecular formula is C19H20ClN3O2. The van der Waals surface area contributed by atoms with E-state index in [1.807, 2.05) is 12.1 Å². The van der Waals surface area contributed by atoms with Gasteiger partial charge >= 0.3 is 0 Å². The molecule has 25 heavy (non-hydrogen) atoms. The van der Waals surface area contributed by atoms with Crippen molar-refractivity contribution in [1.82, 2.24) is 4.98 Å². The Morgan fingerprint density at radius 2 is 2.28 bits per heavy atom. The number of benzene rings is 1. The highest BCUT2D eigenvalue weighted by Crippen LogP contribution is 2.37. The first-order chi connectivity index (χ1) is 12.1. The number of nitrogens with two attached hydrogens (primary N) is 1. The quantitative estimate of drug-likeness (QED) is 0.840. The van der Waals surface area contributed by atoms with Crippen molar-refractivity contribution >= 4 is 29.0 Å². The van der Waals surface area contributed by atoms with Crippen LogP contribution in [0.4, 0.5) is 11.5 Å². The molecule has 2 N–H and O–H groups in total. The molecule has 1 atom stereocenters. The average Bonchev–Trinajstić information content (AvgIpc) is 2.79. The van der Waals surface area contributed by atoms with Gasteiger partial charge in [-0.2, -0.15) is 0 Å². The zero-order chi connectivity index (χ0) is 17.8. The van der Waals surface area contributed by atoms with Crippen LogP contribution in [0.5, 0.6) is 0 Å². The predicted octanol–water partition coefficient (Wildman–Crippen LogP) is 4.00. The number of hydrogen-bond donors (Lipinski definition) is 1. The van der Waals surface area contributed by atoms with E-state index in [4.69, 9.17) is 22.1 Å². The molecule has 0 aliphatic carbocycles. The molecular weight excluding hydrogens is 338 g/mol. The molecule has 1 aromatic heterocycles. The second-order valence-electron chi connectivity index (χ2n) is 5.88. The van der Waals surface area contributed by atoms with Crippen LogP contribution in [-0.4, -0.2) is 24.0 Å². The Labute approximate surface area is 152 Å². The lowest BCUT2D eigenvalue weighted by atomic mass is 10.0. The van der Waals surface area contributed by atoms with Crippen LogP contribution < -0.4 is 10.6 Å². The number of pyridine rings is 1. The monoisotopic (exact) mass is 357 g/mol. The number of hydrogen-bond acceptors (Lipinski definition) is 4. The van der Waals surface area contributed by atoms with Crippen molar-refractivity contribution in [2.45, 2.75) is 18.9 Å². The highest BCUT2D eigenvalue weighted by Gasteiger charge is 2.28. The number of aromatic nitrogens is 1. The van der Waals surface area contributed by atoms with Crippen LogP contribution >= 0.6 is 11.6 Å². The number of halogens is 1. The Kier molecular flexibility index (Phi) is 5.36. The van der Waals surface area contributed by atoms with Crippen LogP contribution in [-0.2, 0) is 4.74 Å². The highest BCUT2D eigenvalue weighted by atomic mass is 35.5. The molecule has 1 aliphatic heterocycles. The molecule has 0 saturated carbocycles. The number of carbonyl (C=O) groups is 1. The van der Waals surface area contributed by atoms with Crippen molar-refractivity contribution < 1.29 is 9.53 Å². The normalized spacial score (nSPS) is 16.8. The Balaban J connectivity index is 1.98. The van der Waals surface area contributed by atoms with Gasteiger partial charge in [-0.1, -0.05) is 17.7 Å². The van der Waals surface area contributed by atoms with Crippen molar-refractivity contribution in [1.29, 1.82) is 0 Å². The van der Waals surface area contributed by atoms with Crippen molar-refractivity contribution in [3.05, 3.63) is 65.3 Å². The van der Waals surface area contributed by atoms with Crippen LogP contribution in [0.2, 0.25) is 5.02 Å². The molecule has 130 valence electrons. The van der Waals surface area contributed by atoms with Crippen molar-refractivity contribution in [2.75, 3.05) is 23.8 Å². The fourth-order valence-corrected chi connectivity index (χ4v) is 3.18. The summed E-state index contributed by atoms with van der Waals surface area (Å²) in [5.74, 6) is 0.276. The summed E-state index contributed by atoms with van der Waals surface area (Å²) in [6.07, 6.45) is 4.74. The Bertz CT molecular complexity index is 777. The summed E-state index contributed by atoms with van der Waals surface area (Å²) in [5, 5.41) is 0.620. The van der Waals surface area contributed by atoms with E-state index in [2.05, 4.69) is 11.6 Å². The first-order valence-corrected chi connectivity index (χ1v) is 8.53. The maximum Gasteiger partial charge on any atom is 0.259 e. The van der Waals surface area contributed by atoms with E-state index >= 15 is 0 Å². The van der Waals surface area contributed by atoms with Gasteiger partial charge in [-0.25, -0.2) is 4.98 Å². The van der Waals surface area contributed by atoms with Crippen LogP contribution in [0, 0.1) is 0 Å². The summed E-state index contributed by atoms with van der Waals surface area (Å²) >= 11 is 6.19. The Morgan fingerprint density at radius 1 is 1.44 bits per heavy atom. The van der Waals surface area contributed by atoms with E-state index in [1.54, 1.807) is 29.2 Å². The third-order valence-electron chi connectivity index (χ3n) is 4.17. The molecule has 1 amide bonds. The van der Waals surface area contributed by atoms with Gasteiger partial charge in [0.15, 0.2) is 0 Å². The second kappa shape index (κ2) is 7.68. The van der Waals surface area contributed by atoms with Gasteiger partial charge in [0.1, 0.15) is 5.82 Å². The van der Waals surface area contributed by atoms with Gasteiger partial charge in [0.05, 0.1) is 18.3 Å². The van der Waals surface area contributed by atoms with Gasteiger partial charge in [0.2, 0.25) is 0 Å². The third kappa shape index (κ3) is 3.83. The number of amides is 1. The molecule has 6 heteroatoms. The maximum atomic E-state index is 13.0. The molecule has 0 saturated heterocycles. The Hall–Kier alpha value is -2.37. The van der Waals surface area contributed by atoms with Gasteiger partial charge in [0, 0.05) is 29.0 Å². The summed E-state index contributed by atoms with van der Waals surface area (Å²) in [6, 6.07) is 8.85. The lowest BCUT2D eigenvalue weighted by Crippen LogP contribution is -2.31. The van der Waals surface area contributed by atoms with Crippen LogP contribution in [0.25, 0.3) is 0 Å². The molecule has 2 heterocycles. The van der Waals surface area contributed by atoms with Crippen LogP contribution in [0.3, 0.4) is 0 Å². The van der Waals surface area contributed by atoms with Gasteiger partial charge in [0.25, 0.3) is 5.91 Å². The van der Waals surface area contributed by atoms with E-state index in [1.165, 1.54) is 6.20 Å². The van der Waals surface area contributed by atoms with Gasteiger partial charge in [-0.15, -0.1) is 6.58 Å². The predicted molar refractivity (Wildman–Crippen MR) is 99.9 cm³/mol. The van der Waals surface area contributed by atoms with Crippen LogP contribution in [0.15, 0.2) is 49.2 Å². The molecule has 0 bridgehead atoms. The lowest BCUT2D eigenvalue weighted by Gasteiger charge is -2.24. The summed E-state index contributed by atoms with van der Waals surface area (Å²) in [4.78, 5) is 18.8. The third-order valence-corrected chi connectivity index (χ3v) is 4.40. The molecule has 2 aromatic rings. The topological polar surface area (TPSA) is 68.5 Å². The smallest absolute Gasteiger partial charge is 0.259 e. The fraction of sp³-hybridized carbons (Fsp3) is 0.263. The van der Waals surface area contributed by atoms with E-state index in [9.17, 15) is 4.79 Å². The first-order valence-electron chi connectivity index (χ1n) is 8.15. The molecule has 5 nitrogen and oxygen atoms in total. The molecule has 1 aromatic carbocycles. The number of ether oxygens (including phenoxy) is 1. The molecule has 0 radical (unpaired) electrons. The fourth-order valence-electron chi connectivity index (χ4n) is 3.00. The average molecular weight is 358 g/mol. The van der Waals surface area contributed by atoms with Gasteiger partial charge < -0.3 is 15.4 Å². The number of rotatable bonds is 4. The zero-order valence-electron chi connectivity index (χ0n) is 13.8. The largest absolute Gasteiger partial charge is 0.384 e. The van der Waals surface area contributed by atoms with Gasteiger partial charge in [-0.3, -0.25) is 4.79 Å². The van der Waals surface area contributed by atoms with E-state index < -0.39 is 0 Å². The Morgan fingerprint density at radius 3 is 3.00 bits per heavy atom. The molecule has 1 unspecified atom stereocenters. The molecule has 0 spiro atoms. The van der Waals surface area contributed by atoms with Crippen molar-refractivity contribution in [3.63, 3.8) is 0 Å². The second-order valence-corrected chi connectivity index (χ2v) is 6.32. The number of nitrogen functional groups attached to an aromatic ring is 1. The minimum Gasteiger partial charge on any atom is -0.384 e. The SMILES string of the molecule is C=CCOC1CCCN(C(=O)c2ccc(N)nc2)c2ccc(Cl)cc21. The summed E-state index contributed by atoms with van der Waals surface area (Å²) in [5.41, 5.74) is 7.85. The minimum absolute atomic E-state index is 0.111. The van der Waals surface area contributed by atoms with Gasteiger partial charge in [-0.05, 0) is 43.2 Å². The summed E-state index contributed by atoms with van der Waals surface area (Å²) in [7, 11) is 0. The zero-order valence-corrected chi connectivity index (χ0v) is 14.6. The number of carbonyl (C=O) groups excluding carboxylic acids is 1. The summed E-state index contributed by atoms with van der Waals surface area (Å²) < 4.78 is 5.90. The minimum atomic E-state index is -0.117. The standard InChI is InChI=1S/C19H20ClN3O2/c1-2-10-25-17-4-3-9-23(16-7-6-14(20)11-15(16)17)19(24)13-5-8-18(21)22-12-13/h2,5-8,11-12,17H,1,3-4,9-10H2,(H2,21,22). The molecule has 3 rings (SSSR count). The van der Waals surface area contributed by atoms with Crippen LogP contribution in [0.1, 0.15) is 34.9 Å². The van der Waals surface area contributed by atoms with E-state index in [0.717, 1.165) is 24.1 Å². The number of fused-ring (bicyclic) bond motifs is 1. The highest BCUT2D eigenvalue weighted by molar-refractivity contribution is 6.30. The maximum absolute atomic E-state index is 13.0. The molecule has 1 aliphatic rings. The number of nitrogens with zero attached hydrogens (tertiary/aromatic N) is 2. The van der Waals surface area contributed by atoms with E-state index in [0.29, 0.717) is 29.6 Å². The van der Waals surface area contributed by atoms with Crippen molar-refractivity contribution in [3.8, 4) is 0 Å². The lowest BCUT2D eigenvalue weighted by molar-refractivity contribution is 0.0684. The first kappa shape index (κ1) is 17.5. The summed E-state index contributed by atoms with van der Waals surface area (Å²) in [6.45, 7) is 4.75. The number of anilines is 2. The van der Waals surface area contributed by atoms with E-state index in [-0.39, 0.29) is 12.0 Å².